The summed E-state index contributed by atoms with van der Waals surface area (Å²) < 4.78 is 5.26. The second kappa shape index (κ2) is 4.23. The summed E-state index contributed by atoms with van der Waals surface area (Å²) in [5.41, 5.74) is 0.914. The maximum Gasteiger partial charge on any atom is 0.338 e. The third kappa shape index (κ3) is 3.56. The van der Waals surface area contributed by atoms with Crippen LogP contribution < -0.4 is 0 Å². The zero-order valence-electron chi connectivity index (χ0n) is 9.43. The van der Waals surface area contributed by atoms with E-state index in [4.69, 9.17) is 16.3 Å². The van der Waals surface area contributed by atoms with Crippen molar-refractivity contribution in [2.24, 2.45) is 0 Å². The van der Waals surface area contributed by atoms with E-state index in [1.807, 2.05) is 33.8 Å². The monoisotopic (exact) mass is 226 g/mol. The van der Waals surface area contributed by atoms with Crippen molar-refractivity contribution in [3.05, 3.63) is 34.3 Å². The number of esters is 1. The maximum absolute atomic E-state index is 11.8. The third-order valence-electron chi connectivity index (χ3n) is 1.82. The zero-order valence-corrected chi connectivity index (χ0v) is 10.2. The van der Waals surface area contributed by atoms with Crippen molar-refractivity contribution in [3.63, 3.8) is 0 Å². The Balaban J connectivity index is 2.96. The fourth-order valence-electron chi connectivity index (χ4n) is 1.15. The van der Waals surface area contributed by atoms with E-state index in [2.05, 4.69) is 0 Å². The third-order valence-corrected chi connectivity index (χ3v) is 2.05. The minimum absolute atomic E-state index is 0.331. The van der Waals surface area contributed by atoms with Crippen LogP contribution >= 0.6 is 11.6 Å². The molecule has 0 saturated carbocycles. The van der Waals surface area contributed by atoms with Gasteiger partial charge >= 0.3 is 5.97 Å². The van der Waals surface area contributed by atoms with Crippen LogP contribution in [0.3, 0.4) is 0 Å². The lowest BCUT2D eigenvalue weighted by molar-refractivity contribution is 0.00688. The van der Waals surface area contributed by atoms with Crippen LogP contribution in [0.25, 0.3) is 0 Å². The van der Waals surface area contributed by atoms with Gasteiger partial charge in [0.2, 0.25) is 0 Å². The van der Waals surface area contributed by atoms with Crippen molar-refractivity contribution in [2.45, 2.75) is 33.3 Å². The van der Waals surface area contributed by atoms with E-state index in [0.29, 0.717) is 10.6 Å². The van der Waals surface area contributed by atoms with E-state index in [1.165, 1.54) is 0 Å². The Bertz CT molecular complexity index is 378. The minimum atomic E-state index is -0.480. The fourth-order valence-corrected chi connectivity index (χ4v) is 1.32. The molecule has 1 aromatic carbocycles. The molecule has 15 heavy (non-hydrogen) atoms. The number of hydrogen-bond acceptors (Lipinski definition) is 2. The molecule has 0 aliphatic heterocycles. The van der Waals surface area contributed by atoms with Crippen LogP contribution in [0.1, 0.15) is 36.7 Å². The molecule has 1 rings (SSSR count). The van der Waals surface area contributed by atoms with Gasteiger partial charge in [-0.15, -0.1) is 0 Å². The summed E-state index contributed by atoms with van der Waals surface area (Å²) in [5, 5.41) is 0.543. The normalized spacial score (nSPS) is 11.3. The second-order valence-corrected chi connectivity index (χ2v) is 4.90. The van der Waals surface area contributed by atoms with Crippen LogP contribution in [-0.4, -0.2) is 11.6 Å². The molecule has 0 heterocycles. The van der Waals surface area contributed by atoms with Crippen molar-refractivity contribution >= 4 is 17.6 Å². The first-order valence-electron chi connectivity index (χ1n) is 4.79. The number of ether oxygens (including phenoxy) is 1. The topological polar surface area (TPSA) is 26.3 Å². The van der Waals surface area contributed by atoms with Crippen molar-refractivity contribution < 1.29 is 9.53 Å². The van der Waals surface area contributed by atoms with Crippen LogP contribution in [0.15, 0.2) is 18.2 Å². The minimum Gasteiger partial charge on any atom is -0.456 e. The summed E-state index contributed by atoms with van der Waals surface area (Å²) in [6.45, 7) is 7.37. The Morgan fingerprint density at radius 1 is 1.33 bits per heavy atom. The van der Waals surface area contributed by atoms with Crippen molar-refractivity contribution in [3.8, 4) is 0 Å². The van der Waals surface area contributed by atoms with Gasteiger partial charge in [0.05, 0.1) is 5.56 Å². The molecular weight excluding hydrogens is 212 g/mol. The van der Waals surface area contributed by atoms with E-state index in [0.717, 1.165) is 5.56 Å². The molecule has 3 heteroatoms. The van der Waals surface area contributed by atoms with Gasteiger partial charge in [0, 0.05) is 5.02 Å². The summed E-state index contributed by atoms with van der Waals surface area (Å²) in [4.78, 5) is 11.8. The number of aryl methyl sites for hydroxylation is 1. The van der Waals surface area contributed by atoms with Crippen molar-refractivity contribution in [1.82, 2.24) is 0 Å². The van der Waals surface area contributed by atoms with E-state index in [-0.39, 0.29) is 5.97 Å². The molecule has 0 spiro atoms. The molecule has 82 valence electrons. The Morgan fingerprint density at radius 2 is 1.93 bits per heavy atom. The highest BCUT2D eigenvalue weighted by atomic mass is 35.5. The van der Waals surface area contributed by atoms with E-state index in [1.54, 1.807) is 12.1 Å². The van der Waals surface area contributed by atoms with Gasteiger partial charge in [-0.1, -0.05) is 17.7 Å². The van der Waals surface area contributed by atoms with Crippen molar-refractivity contribution in [2.75, 3.05) is 0 Å². The summed E-state index contributed by atoms with van der Waals surface area (Å²) in [6, 6.07) is 5.19. The first kappa shape index (κ1) is 12.1. The number of benzene rings is 1. The Labute approximate surface area is 95.2 Å². The quantitative estimate of drug-likeness (QED) is 0.684. The van der Waals surface area contributed by atoms with E-state index < -0.39 is 5.60 Å². The number of hydrogen-bond donors (Lipinski definition) is 0. The zero-order chi connectivity index (χ0) is 11.6. The molecule has 0 saturated heterocycles. The number of carbonyl (C=O) groups excluding carboxylic acids is 1. The lowest BCUT2D eigenvalue weighted by Gasteiger charge is -2.20. The lowest BCUT2D eigenvalue weighted by Crippen LogP contribution is -2.24. The first-order chi connectivity index (χ1) is 6.79. The van der Waals surface area contributed by atoms with Crippen LogP contribution in [0.2, 0.25) is 5.02 Å². The fraction of sp³-hybridized carbons (Fsp3) is 0.417. The molecule has 0 fully saturated rings. The van der Waals surface area contributed by atoms with Gasteiger partial charge in [-0.25, -0.2) is 4.79 Å². The summed E-state index contributed by atoms with van der Waals surface area (Å²) in [6.07, 6.45) is 0. The van der Waals surface area contributed by atoms with Crippen LogP contribution in [0.5, 0.6) is 0 Å². The molecule has 0 bridgehead atoms. The molecule has 0 unspecified atom stereocenters. The van der Waals surface area contributed by atoms with Gasteiger partial charge in [-0.3, -0.25) is 0 Å². The van der Waals surface area contributed by atoms with Gasteiger partial charge in [-0.2, -0.15) is 0 Å². The lowest BCUT2D eigenvalue weighted by atomic mass is 10.1. The Morgan fingerprint density at radius 3 is 2.47 bits per heavy atom. The molecule has 2 nitrogen and oxygen atoms in total. The van der Waals surface area contributed by atoms with Gasteiger partial charge < -0.3 is 4.74 Å². The number of carbonyl (C=O) groups is 1. The molecule has 0 aliphatic rings. The Hall–Kier alpha value is -1.02. The average Bonchev–Trinajstić information content (AvgIpc) is 2.06. The highest BCUT2D eigenvalue weighted by molar-refractivity contribution is 6.31. The molecule has 0 aromatic heterocycles. The van der Waals surface area contributed by atoms with Gasteiger partial charge in [-0.05, 0) is 45.4 Å². The first-order valence-corrected chi connectivity index (χ1v) is 5.17. The SMILES string of the molecule is Cc1ccc(Cl)cc1C(=O)OC(C)(C)C. The summed E-state index contributed by atoms with van der Waals surface area (Å²) >= 11 is 5.82. The standard InChI is InChI=1S/C12H15ClO2/c1-8-5-6-9(13)7-10(8)11(14)15-12(2,3)4/h5-7H,1-4H3. The van der Waals surface area contributed by atoms with Crippen LogP contribution in [-0.2, 0) is 4.74 Å². The molecule has 1 aromatic rings. The molecule has 0 amide bonds. The van der Waals surface area contributed by atoms with Gasteiger partial charge in [0.15, 0.2) is 0 Å². The van der Waals surface area contributed by atoms with Crippen LogP contribution in [0.4, 0.5) is 0 Å². The predicted octanol–water partition coefficient (Wildman–Crippen LogP) is 3.60. The average molecular weight is 227 g/mol. The Kier molecular flexibility index (Phi) is 3.40. The highest BCUT2D eigenvalue weighted by Gasteiger charge is 2.19. The smallest absolute Gasteiger partial charge is 0.338 e. The largest absolute Gasteiger partial charge is 0.456 e. The molecule has 0 N–H and O–H groups in total. The summed E-state index contributed by atoms with van der Waals surface area (Å²) in [7, 11) is 0. The molecule has 0 atom stereocenters. The maximum atomic E-state index is 11.8. The summed E-state index contributed by atoms with van der Waals surface area (Å²) in [5.74, 6) is -0.331. The highest BCUT2D eigenvalue weighted by Crippen LogP contribution is 2.19. The molecule has 0 radical (unpaired) electrons. The van der Waals surface area contributed by atoms with E-state index in [9.17, 15) is 4.79 Å². The van der Waals surface area contributed by atoms with Crippen LogP contribution in [0, 0.1) is 6.92 Å². The number of rotatable bonds is 1. The number of halogens is 1. The van der Waals surface area contributed by atoms with Crippen molar-refractivity contribution in [1.29, 1.82) is 0 Å². The molecular formula is C12H15ClO2. The molecule has 0 aliphatic carbocycles. The second-order valence-electron chi connectivity index (χ2n) is 4.46. The predicted molar refractivity (Wildman–Crippen MR) is 61.4 cm³/mol. The van der Waals surface area contributed by atoms with Gasteiger partial charge in [0.25, 0.3) is 0 Å². The van der Waals surface area contributed by atoms with E-state index >= 15 is 0 Å². The van der Waals surface area contributed by atoms with Gasteiger partial charge in [0.1, 0.15) is 5.60 Å².